The van der Waals surface area contributed by atoms with Crippen LogP contribution < -0.4 is 9.64 Å². The summed E-state index contributed by atoms with van der Waals surface area (Å²) in [6.45, 7) is 3.59. The van der Waals surface area contributed by atoms with Crippen LogP contribution in [-0.2, 0) is 4.74 Å². The molecule has 146 valence electrons. The Morgan fingerprint density at radius 3 is 2.86 bits per heavy atom. The molecule has 1 aliphatic heterocycles. The SMILES string of the molecule is CCOc1cccc2sc(N(CC3CCCO3)C(=O)c3ccc(F)cc3)nc12. The molecule has 2 heterocycles. The molecule has 0 radical (unpaired) electrons. The molecule has 1 saturated heterocycles. The maximum atomic E-state index is 13.3. The van der Waals surface area contributed by atoms with Gasteiger partial charge in [0, 0.05) is 12.2 Å². The van der Waals surface area contributed by atoms with Crippen LogP contribution in [0.25, 0.3) is 10.2 Å². The van der Waals surface area contributed by atoms with Crippen molar-refractivity contribution >= 4 is 32.6 Å². The van der Waals surface area contributed by atoms with E-state index in [2.05, 4.69) is 0 Å². The Labute approximate surface area is 166 Å². The smallest absolute Gasteiger partial charge is 0.260 e. The number of carbonyl (C=O) groups is 1. The lowest BCUT2D eigenvalue weighted by atomic mass is 10.1. The molecular formula is C21H21FN2O3S. The number of benzene rings is 2. The molecule has 3 aromatic rings. The highest BCUT2D eigenvalue weighted by Crippen LogP contribution is 2.35. The first-order valence-electron chi connectivity index (χ1n) is 9.37. The molecule has 1 fully saturated rings. The van der Waals surface area contributed by atoms with E-state index < -0.39 is 0 Å². The van der Waals surface area contributed by atoms with Gasteiger partial charge in [0.2, 0.25) is 0 Å². The van der Waals surface area contributed by atoms with Gasteiger partial charge < -0.3 is 9.47 Å². The van der Waals surface area contributed by atoms with Crippen LogP contribution in [0, 0.1) is 5.82 Å². The van der Waals surface area contributed by atoms with Gasteiger partial charge >= 0.3 is 0 Å². The van der Waals surface area contributed by atoms with Crippen molar-refractivity contribution in [1.82, 2.24) is 4.98 Å². The Morgan fingerprint density at radius 1 is 1.32 bits per heavy atom. The summed E-state index contributed by atoms with van der Waals surface area (Å²) in [6.07, 6.45) is 1.86. The van der Waals surface area contributed by atoms with Gasteiger partial charge in [0.1, 0.15) is 17.1 Å². The number of nitrogens with zero attached hydrogens (tertiary/aromatic N) is 2. The summed E-state index contributed by atoms with van der Waals surface area (Å²) in [5, 5.41) is 0.590. The normalized spacial score (nSPS) is 16.4. The molecule has 1 amide bonds. The summed E-state index contributed by atoms with van der Waals surface area (Å²) in [6, 6.07) is 11.3. The second kappa shape index (κ2) is 8.24. The number of amides is 1. The Morgan fingerprint density at radius 2 is 2.14 bits per heavy atom. The average Bonchev–Trinajstić information content (AvgIpc) is 3.36. The van der Waals surface area contributed by atoms with E-state index in [-0.39, 0.29) is 17.8 Å². The molecule has 0 spiro atoms. The molecule has 0 aliphatic carbocycles. The van der Waals surface area contributed by atoms with Crippen LogP contribution in [-0.4, -0.2) is 36.8 Å². The molecule has 28 heavy (non-hydrogen) atoms. The lowest BCUT2D eigenvalue weighted by molar-refractivity contribution is 0.0917. The first-order valence-corrected chi connectivity index (χ1v) is 10.2. The third-order valence-corrected chi connectivity index (χ3v) is 5.69. The minimum atomic E-state index is -0.372. The monoisotopic (exact) mass is 400 g/mol. The lowest BCUT2D eigenvalue weighted by Gasteiger charge is -2.23. The minimum Gasteiger partial charge on any atom is -0.492 e. The maximum absolute atomic E-state index is 13.3. The van der Waals surface area contributed by atoms with E-state index in [9.17, 15) is 9.18 Å². The standard InChI is InChI=1S/C21H21FN2O3S/c1-2-26-17-6-3-7-18-19(17)23-21(28-18)24(13-16-5-4-12-27-16)20(25)14-8-10-15(22)11-9-14/h3,6-11,16H,2,4-5,12-13H2,1H3. The molecule has 0 saturated carbocycles. The molecule has 1 aromatic heterocycles. The summed E-state index contributed by atoms with van der Waals surface area (Å²) in [5.41, 5.74) is 1.16. The first-order chi connectivity index (χ1) is 13.7. The summed E-state index contributed by atoms with van der Waals surface area (Å²) in [7, 11) is 0. The zero-order chi connectivity index (χ0) is 19.5. The van der Waals surface area contributed by atoms with Crippen LogP contribution in [0.3, 0.4) is 0 Å². The quantitative estimate of drug-likeness (QED) is 0.604. The Bertz CT molecular complexity index is 967. The van der Waals surface area contributed by atoms with Crippen LogP contribution in [0.15, 0.2) is 42.5 Å². The predicted molar refractivity (Wildman–Crippen MR) is 108 cm³/mol. The van der Waals surface area contributed by atoms with E-state index in [0.717, 1.165) is 23.1 Å². The first kappa shape index (κ1) is 18.8. The number of ether oxygens (including phenoxy) is 2. The molecule has 0 bridgehead atoms. The fourth-order valence-corrected chi connectivity index (χ4v) is 4.28. The van der Waals surface area contributed by atoms with Gasteiger partial charge in [0.25, 0.3) is 5.91 Å². The third-order valence-electron chi connectivity index (χ3n) is 4.65. The Hall–Kier alpha value is -2.51. The van der Waals surface area contributed by atoms with Gasteiger partial charge in [-0.2, -0.15) is 0 Å². The second-order valence-corrected chi connectivity index (χ2v) is 7.60. The van der Waals surface area contributed by atoms with Gasteiger partial charge in [0.15, 0.2) is 5.13 Å². The molecule has 1 unspecified atom stereocenters. The minimum absolute atomic E-state index is 0.0252. The summed E-state index contributed by atoms with van der Waals surface area (Å²) >= 11 is 1.44. The van der Waals surface area contributed by atoms with Gasteiger partial charge in [-0.05, 0) is 56.2 Å². The summed E-state index contributed by atoms with van der Waals surface area (Å²) in [5.74, 6) is 0.116. The van der Waals surface area contributed by atoms with Crippen molar-refractivity contribution in [3.63, 3.8) is 0 Å². The highest BCUT2D eigenvalue weighted by molar-refractivity contribution is 7.22. The van der Waals surface area contributed by atoms with Crippen molar-refractivity contribution in [3.05, 3.63) is 53.8 Å². The van der Waals surface area contributed by atoms with Crippen LogP contribution in [0.1, 0.15) is 30.1 Å². The topological polar surface area (TPSA) is 51.7 Å². The van der Waals surface area contributed by atoms with E-state index in [1.54, 1.807) is 4.90 Å². The molecule has 4 rings (SSSR count). The van der Waals surface area contributed by atoms with Gasteiger partial charge in [-0.3, -0.25) is 9.69 Å². The molecular weight excluding hydrogens is 379 g/mol. The average molecular weight is 400 g/mol. The number of fused-ring (bicyclic) bond motifs is 1. The van der Waals surface area contributed by atoms with Gasteiger partial charge in [0.05, 0.1) is 24.0 Å². The van der Waals surface area contributed by atoms with Gasteiger partial charge in [-0.1, -0.05) is 17.4 Å². The van der Waals surface area contributed by atoms with Crippen LogP contribution in [0.5, 0.6) is 5.75 Å². The lowest BCUT2D eigenvalue weighted by Crippen LogP contribution is -2.37. The number of thiazole rings is 1. The second-order valence-electron chi connectivity index (χ2n) is 6.59. The van der Waals surface area contributed by atoms with E-state index in [4.69, 9.17) is 14.5 Å². The third kappa shape index (κ3) is 3.86. The summed E-state index contributed by atoms with van der Waals surface area (Å²) in [4.78, 5) is 19.6. The highest BCUT2D eigenvalue weighted by Gasteiger charge is 2.27. The largest absolute Gasteiger partial charge is 0.492 e. The van der Waals surface area contributed by atoms with E-state index in [0.29, 0.717) is 36.2 Å². The van der Waals surface area contributed by atoms with E-state index >= 15 is 0 Å². The number of anilines is 1. The zero-order valence-corrected chi connectivity index (χ0v) is 16.4. The molecule has 5 nitrogen and oxygen atoms in total. The predicted octanol–water partition coefficient (Wildman–Crippen LogP) is 4.66. The molecule has 1 atom stereocenters. The Balaban J connectivity index is 1.72. The molecule has 1 aliphatic rings. The fraction of sp³-hybridized carbons (Fsp3) is 0.333. The molecule has 0 N–H and O–H groups in total. The van der Waals surface area contributed by atoms with Crippen LogP contribution in [0.2, 0.25) is 0 Å². The van der Waals surface area contributed by atoms with Gasteiger partial charge in [-0.15, -0.1) is 0 Å². The zero-order valence-electron chi connectivity index (χ0n) is 15.6. The number of halogens is 1. The maximum Gasteiger partial charge on any atom is 0.260 e. The van der Waals surface area contributed by atoms with Crippen LogP contribution >= 0.6 is 11.3 Å². The van der Waals surface area contributed by atoms with Crippen LogP contribution in [0.4, 0.5) is 9.52 Å². The van der Waals surface area contributed by atoms with Crippen molar-refractivity contribution in [2.24, 2.45) is 0 Å². The van der Waals surface area contributed by atoms with Gasteiger partial charge in [-0.25, -0.2) is 9.37 Å². The van der Waals surface area contributed by atoms with Crippen molar-refractivity contribution < 1.29 is 18.7 Å². The highest BCUT2D eigenvalue weighted by atomic mass is 32.1. The van der Waals surface area contributed by atoms with E-state index in [1.807, 2.05) is 25.1 Å². The number of carbonyl (C=O) groups excluding carboxylic acids is 1. The van der Waals surface area contributed by atoms with Crippen molar-refractivity contribution in [2.75, 3.05) is 24.7 Å². The summed E-state index contributed by atoms with van der Waals surface area (Å²) < 4.78 is 25.7. The number of hydrogen-bond acceptors (Lipinski definition) is 5. The fourth-order valence-electron chi connectivity index (χ4n) is 3.29. The molecule has 7 heteroatoms. The number of rotatable bonds is 6. The van der Waals surface area contributed by atoms with Crippen molar-refractivity contribution in [2.45, 2.75) is 25.9 Å². The number of aromatic nitrogens is 1. The number of hydrogen-bond donors (Lipinski definition) is 0. The Kier molecular flexibility index (Phi) is 5.54. The number of para-hydroxylation sites is 1. The van der Waals surface area contributed by atoms with Crippen molar-refractivity contribution in [1.29, 1.82) is 0 Å². The van der Waals surface area contributed by atoms with E-state index in [1.165, 1.54) is 35.6 Å². The molecule has 2 aromatic carbocycles. The van der Waals surface area contributed by atoms with Crippen molar-refractivity contribution in [3.8, 4) is 5.75 Å².